The van der Waals surface area contributed by atoms with E-state index >= 15 is 0 Å². The summed E-state index contributed by atoms with van der Waals surface area (Å²) in [6.07, 6.45) is 8.31. The van der Waals surface area contributed by atoms with E-state index in [1.165, 1.54) is 26.4 Å². The Labute approximate surface area is 260 Å². The molecule has 0 aromatic heterocycles. The minimum atomic E-state index is -0.935. The number of esters is 2. The molecule has 0 radical (unpaired) electrons. The Bertz CT molecular complexity index is 1390. The smallest absolute Gasteiger partial charge is 0.320 e. The van der Waals surface area contributed by atoms with Crippen LogP contribution in [-0.2, 0) is 39.5 Å². The Hall–Kier alpha value is -3.24. The standard InChI is InChI=1S/2C16H15BrO4/c2*1-20-15(19)16-6-4-12(18)8-10(16)5-7-21-14-9-11(17)2-3-13(14)16/h2*2-4,6,9-10H,5,7-8H2,1H3/t2*10-,16-/m10/s1. The van der Waals surface area contributed by atoms with Gasteiger partial charge in [-0.1, -0.05) is 56.1 Å². The van der Waals surface area contributed by atoms with E-state index in [0.717, 1.165) is 20.1 Å². The van der Waals surface area contributed by atoms with Gasteiger partial charge in [0.2, 0.25) is 0 Å². The van der Waals surface area contributed by atoms with Crippen LogP contribution in [0.5, 0.6) is 11.5 Å². The number of ketones is 2. The largest absolute Gasteiger partial charge is 0.493 e. The van der Waals surface area contributed by atoms with Crippen LogP contribution in [0, 0.1) is 11.8 Å². The summed E-state index contributed by atoms with van der Waals surface area (Å²) in [5.74, 6) is 0.457. The maximum absolute atomic E-state index is 12.6. The highest BCUT2D eigenvalue weighted by Crippen LogP contribution is 2.49. The molecule has 0 spiro atoms. The Morgan fingerprint density at radius 1 is 0.738 bits per heavy atom. The fourth-order valence-electron chi connectivity index (χ4n) is 6.51. The number of hydrogen-bond acceptors (Lipinski definition) is 8. The third-order valence-electron chi connectivity index (χ3n) is 8.52. The van der Waals surface area contributed by atoms with Gasteiger partial charge < -0.3 is 18.9 Å². The summed E-state index contributed by atoms with van der Waals surface area (Å²) >= 11 is 6.83. The van der Waals surface area contributed by atoms with Crippen molar-refractivity contribution in [3.8, 4) is 11.5 Å². The topological polar surface area (TPSA) is 105 Å². The van der Waals surface area contributed by atoms with Crippen LogP contribution in [0.4, 0.5) is 0 Å². The molecule has 2 aliphatic heterocycles. The minimum absolute atomic E-state index is 0.0417. The van der Waals surface area contributed by atoms with E-state index in [4.69, 9.17) is 18.9 Å². The highest BCUT2D eigenvalue weighted by atomic mass is 79.9. The van der Waals surface area contributed by atoms with Crippen LogP contribution in [0.3, 0.4) is 0 Å². The molecule has 0 unspecified atom stereocenters. The van der Waals surface area contributed by atoms with E-state index < -0.39 is 10.8 Å². The molecule has 6 rings (SSSR count). The average Bonchev–Trinajstić information content (AvgIpc) is 3.24. The second-order valence-corrected chi connectivity index (χ2v) is 12.5. The normalized spacial score (nSPS) is 27.1. The third-order valence-corrected chi connectivity index (χ3v) is 9.51. The quantitative estimate of drug-likeness (QED) is 0.374. The number of ether oxygens (including phenoxy) is 4. The Morgan fingerprint density at radius 3 is 1.52 bits per heavy atom. The summed E-state index contributed by atoms with van der Waals surface area (Å²) < 4.78 is 23.5. The molecule has 2 aliphatic carbocycles. The van der Waals surface area contributed by atoms with Gasteiger partial charge in [0, 0.05) is 32.9 Å². The first-order valence-electron chi connectivity index (χ1n) is 13.6. The van der Waals surface area contributed by atoms with Crippen molar-refractivity contribution < 1.29 is 38.1 Å². The van der Waals surface area contributed by atoms with Crippen molar-refractivity contribution >= 4 is 55.4 Å². The third kappa shape index (κ3) is 5.24. The molecule has 4 atom stereocenters. The molecule has 0 amide bonds. The Kier molecular flexibility index (Phi) is 8.76. The predicted molar refractivity (Wildman–Crippen MR) is 160 cm³/mol. The second-order valence-electron chi connectivity index (χ2n) is 10.7. The molecule has 4 aliphatic rings. The van der Waals surface area contributed by atoms with Crippen LogP contribution in [0.15, 0.2) is 69.6 Å². The number of rotatable bonds is 2. The van der Waals surface area contributed by atoms with E-state index in [1.54, 1.807) is 12.2 Å². The lowest BCUT2D eigenvalue weighted by Crippen LogP contribution is -2.45. The zero-order valence-corrected chi connectivity index (χ0v) is 26.4. The van der Waals surface area contributed by atoms with Gasteiger partial charge in [-0.25, -0.2) is 0 Å². The number of hydrogen-bond donors (Lipinski definition) is 0. The van der Waals surface area contributed by atoms with Gasteiger partial charge >= 0.3 is 11.9 Å². The van der Waals surface area contributed by atoms with Crippen LogP contribution in [0.25, 0.3) is 0 Å². The Balaban J connectivity index is 0.000000168. The van der Waals surface area contributed by atoms with Crippen LogP contribution < -0.4 is 9.47 Å². The van der Waals surface area contributed by atoms with Crippen molar-refractivity contribution in [2.24, 2.45) is 11.8 Å². The average molecular weight is 702 g/mol. The predicted octanol–water partition coefficient (Wildman–Crippen LogP) is 5.58. The van der Waals surface area contributed by atoms with Crippen molar-refractivity contribution in [2.45, 2.75) is 36.5 Å². The van der Waals surface area contributed by atoms with Gasteiger partial charge in [0.1, 0.15) is 22.3 Å². The van der Waals surface area contributed by atoms with E-state index in [2.05, 4.69) is 31.9 Å². The fourth-order valence-corrected chi connectivity index (χ4v) is 7.19. The van der Waals surface area contributed by atoms with Gasteiger partial charge in [-0.05, 0) is 61.1 Å². The molecule has 0 saturated heterocycles. The molecular formula is C32H30Br2O8. The molecule has 2 aromatic carbocycles. The number of carbonyl (C=O) groups is 4. The van der Waals surface area contributed by atoms with Gasteiger partial charge in [-0.2, -0.15) is 0 Å². The number of halogens is 2. The summed E-state index contributed by atoms with van der Waals surface area (Å²) in [7, 11) is 2.76. The monoisotopic (exact) mass is 700 g/mol. The molecule has 2 aromatic rings. The number of benzene rings is 2. The molecule has 2 heterocycles. The van der Waals surface area contributed by atoms with Crippen LogP contribution in [0.1, 0.15) is 36.8 Å². The van der Waals surface area contributed by atoms with Gasteiger partial charge in [0.05, 0.1) is 27.4 Å². The maximum atomic E-state index is 12.6. The zero-order chi connectivity index (χ0) is 30.1. The first-order valence-corrected chi connectivity index (χ1v) is 15.2. The molecular weight excluding hydrogens is 672 g/mol. The first kappa shape index (κ1) is 30.2. The summed E-state index contributed by atoms with van der Waals surface area (Å²) in [5.41, 5.74) is -0.336. The van der Waals surface area contributed by atoms with Crippen molar-refractivity contribution in [1.29, 1.82) is 0 Å². The van der Waals surface area contributed by atoms with Gasteiger partial charge in [0.15, 0.2) is 11.6 Å². The van der Waals surface area contributed by atoms with Crippen LogP contribution >= 0.6 is 31.9 Å². The van der Waals surface area contributed by atoms with Crippen LogP contribution in [0.2, 0.25) is 0 Å². The van der Waals surface area contributed by atoms with Crippen molar-refractivity contribution in [3.05, 3.63) is 80.8 Å². The molecule has 220 valence electrons. The van der Waals surface area contributed by atoms with Gasteiger partial charge in [0.25, 0.3) is 0 Å². The molecule has 10 heteroatoms. The highest BCUT2D eigenvalue weighted by Gasteiger charge is 2.52. The number of allylic oxidation sites excluding steroid dienone is 2. The molecule has 0 N–H and O–H groups in total. The summed E-state index contributed by atoms with van der Waals surface area (Å²) in [4.78, 5) is 48.7. The minimum Gasteiger partial charge on any atom is -0.493 e. The Morgan fingerprint density at radius 2 is 1.14 bits per heavy atom. The van der Waals surface area contributed by atoms with E-state index in [-0.39, 0.29) is 35.3 Å². The number of fused-ring (bicyclic) bond motifs is 6. The van der Waals surface area contributed by atoms with E-state index in [9.17, 15) is 19.2 Å². The van der Waals surface area contributed by atoms with Crippen molar-refractivity contribution in [1.82, 2.24) is 0 Å². The van der Waals surface area contributed by atoms with Crippen LogP contribution in [-0.4, -0.2) is 50.9 Å². The van der Waals surface area contributed by atoms with Crippen molar-refractivity contribution in [2.75, 3.05) is 27.4 Å². The van der Waals surface area contributed by atoms with Gasteiger partial charge in [-0.15, -0.1) is 0 Å². The summed E-state index contributed by atoms with van der Waals surface area (Å²) in [5, 5.41) is 0. The maximum Gasteiger partial charge on any atom is 0.320 e. The molecule has 8 nitrogen and oxygen atoms in total. The molecule has 0 fully saturated rings. The molecule has 0 bridgehead atoms. The highest BCUT2D eigenvalue weighted by molar-refractivity contribution is 9.10. The number of carbonyl (C=O) groups excluding carboxylic acids is 4. The summed E-state index contributed by atoms with van der Waals surface area (Å²) in [6, 6.07) is 11.2. The second kappa shape index (κ2) is 12.2. The lowest BCUT2D eigenvalue weighted by atomic mass is 9.64. The van der Waals surface area contributed by atoms with Crippen molar-refractivity contribution in [3.63, 3.8) is 0 Å². The zero-order valence-electron chi connectivity index (χ0n) is 23.2. The van der Waals surface area contributed by atoms with E-state index in [1.807, 2.05) is 36.4 Å². The summed E-state index contributed by atoms with van der Waals surface area (Å²) in [6.45, 7) is 0.960. The lowest BCUT2D eigenvalue weighted by Gasteiger charge is -2.36. The number of methoxy groups -OCH3 is 2. The lowest BCUT2D eigenvalue weighted by molar-refractivity contribution is -0.149. The SMILES string of the molecule is COC(=O)[C@@]12C=CC(=O)C[C@@H]1CCOc1cc(Br)ccc12.COC(=O)[C@]12C=CC(=O)C[C@H]1CCOc1cc(Br)ccc12. The fraction of sp³-hybridized carbons (Fsp3) is 0.375. The molecule has 42 heavy (non-hydrogen) atoms. The van der Waals surface area contributed by atoms with Gasteiger partial charge in [-0.3, -0.25) is 19.2 Å². The first-order chi connectivity index (χ1) is 20.1. The molecule has 0 saturated carbocycles. The van der Waals surface area contributed by atoms with E-state index in [0.29, 0.717) is 50.4 Å².